The average molecular weight is 260 g/mol. The maximum Gasteiger partial charge on any atom is 0.307 e. The van der Waals surface area contributed by atoms with Crippen molar-refractivity contribution in [1.82, 2.24) is 0 Å². The van der Waals surface area contributed by atoms with Gasteiger partial charge in [-0.15, -0.1) is 12.4 Å². The van der Waals surface area contributed by atoms with Crippen LogP contribution in [0.2, 0.25) is 0 Å². The Kier molecular flexibility index (Phi) is 4.60. The first-order chi connectivity index (χ1) is 7.70. The molecule has 17 heavy (non-hydrogen) atoms. The summed E-state index contributed by atoms with van der Waals surface area (Å²) in [6, 6.07) is 5.01. The third kappa shape index (κ3) is 3.01. The van der Waals surface area contributed by atoms with E-state index in [9.17, 15) is 4.79 Å². The summed E-state index contributed by atoms with van der Waals surface area (Å²) in [5, 5.41) is 0. The number of carbonyl (C=O) groups excluding carboxylic acids is 1. The monoisotopic (exact) mass is 259 g/mol. The Bertz CT molecular complexity index is 410. The average Bonchev–Trinajstić information content (AvgIpc) is 2.75. The Labute approximate surface area is 105 Å². The number of hydrogen-bond donors (Lipinski definition) is 1. The van der Waals surface area contributed by atoms with Crippen LogP contribution in [0.1, 0.15) is 18.0 Å². The molecule has 1 aliphatic heterocycles. The minimum atomic E-state index is -0.387. The third-order valence-electron chi connectivity index (χ3n) is 2.44. The van der Waals surface area contributed by atoms with Crippen molar-refractivity contribution < 1.29 is 19.0 Å². The summed E-state index contributed by atoms with van der Waals surface area (Å²) in [5.74, 6) is 1.04. The van der Waals surface area contributed by atoms with E-state index in [4.69, 9.17) is 15.2 Å². The van der Waals surface area contributed by atoms with Crippen LogP contribution in [0.5, 0.6) is 11.5 Å². The highest BCUT2D eigenvalue weighted by Gasteiger charge is 2.17. The highest BCUT2D eigenvalue weighted by atomic mass is 35.5. The SMILES string of the molecule is COC(=O)C[C@@H](N)c1ccc2c(c1)OCO2.Cl. The van der Waals surface area contributed by atoms with Crippen molar-refractivity contribution in [2.45, 2.75) is 12.5 Å². The number of fused-ring (bicyclic) bond motifs is 1. The van der Waals surface area contributed by atoms with Crippen molar-refractivity contribution >= 4 is 18.4 Å². The minimum absolute atomic E-state index is 0. The molecule has 94 valence electrons. The van der Waals surface area contributed by atoms with Crippen LogP contribution in [0.25, 0.3) is 0 Å². The predicted octanol–water partition coefficient (Wildman–Crippen LogP) is 1.40. The van der Waals surface area contributed by atoms with Crippen LogP contribution in [-0.4, -0.2) is 19.9 Å². The molecule has 1 aromatic rings. The minimum Gasteiger partial charge on any atom is -0.469 e. The predicted molar refractivity (Wildman–Crippen MR) is 63.4 cm³/mol. The zero-order valence-corrected chi connectivity index (χ0v) is 10.2. The number of nitrogens with two attached hydrogens (primary N) is 1. The second kappa shape index (κ2) is 5.75. The number of carbonyl (C=O) groups is 1. The second-order valence-corrected chi connectivity index (χ2v) is 3.50. The van der Waals surface area contributed by atoms with Gasteiger partial charge >= 0.3 is 5.97 Å². The number of esters is 1. The number of halogens is 1. The number of ether oxygens (including phenoxy) is 3. The Hall–Kier alpha value is -1.46. The maximum atomic E-state index is 11.1. The van der Waals surface area contributed by atoms with Gasteiger partial charge in [0, 0.05) is 6.04 Å². The van der Waals surface area contributed by atoms with Crippen LogP contribution < -0.4 is 15.2 Å². The smallest absolute Gasteiger partial charge is 0.307 e. The van der Waals surface area contributed by atoms with Crippen LogP contribution in [0, 0.1) is 0 Å². The largest absolute Gasteiger partial charge is 0.469 e. The van der Waals surface area contributed by atoms with Gasteiger partial charge in [0.25, 0.3) is 0 Å². The van der Waals surface area contributed by atoms with E-state index in [1.165, 1.54) is 7.11 Å². The Morgan fingerprint density at radius 2 is 2.18 bits per heavy atom. The molecule has 0 bridgehead atoms. The molecule has 6 heteroatoms. The van der Waals surface area contributed by atoms with Crippen molar-refractivity contribution in [2.24, 2.45) is 5.73 Å². The first-order valence-electron chi connectivity index (χ1n) is 4.92. The Morgan fingerprint density at radius 3 is 2.88 bits per heavy atom. The van der Waals surface area contributed by atoms with E-state index >= 15 is 0 Å². The number of hydrogen-bond acceptors (Lipinski definition) is 5. The van der Waals surface area contributed by atoms with Crippen molar-refractivity contribution in [3.05, 3.63) is 23.8 Å². The molecule has 0 amide bonds. The Balaban J connectivity index is 0.00000144. The van der Waals surface area contributed by atoms with E-state index < -0.39 is 0 Å². The van der Waals surface area contributed by atoms with Gasteiger partial charge in [-0.1, -0.05) is 6.07 Å². The fourth-order valence-electron chi connectivity index (χ4n) is 1.52. The summed E-state index contributed by atoms with van der Waals surface area (Å²) >= 11 is 0. The molecule has 1 heterocycles. The van der Waals surface area contributed by atoms with Crippen molar-refractivity contribution in [3.63, 3.8) is 0 Å². The van der Waals surface area contributed by atoms with Gasteiger partial charge in [0.1, 0.15) is 0 Å². The lowest BCUT2D eigenvalue weighted by molar-refractivity contribution is -0.141. The first kappa shape index (κ1) is 13.6. The molecule has 0 saturated heterocycles. The molecule has 0 aliphatic carbocycles. The van der Waals surface area contributed by atoms with Crippen molar-refractivity contribution in [2.75, 3.05) is 13.9 Å². The second-order valence-electron chi connectivity index (χ2n) is 3.50. The van der Waals surface area contributed by atoms with Gasteiger partial charge in [0.15, 0.2) is 11.5 Å². The zero-order chi connectivity index (χ0) is 11.5. The molecule has 0 saturated carbocycles. The maximum absolute atomic E-state index is 11.1. The molecule has 1 aliphatic rings. The van der Waals surface area contributed by atoms with E-state index in [0.717, 1.165) is 5.56 Å². The molecule has 0 spiro atoms. The quantitative estimate of drug-likeness (QED) is 0.831. The van der Waals surface area contributed by atoms with Crippen molar-refractivity contribution in [1.29, 1.82) is 0 Å². The topological polar surface area (TPSA) is 70.8 Å². The van der Waals surface area contributed by atoms with Crippen LogP contribution in [0.3, 0.4) is 0 Å². The molecule has 0 aromatic heterocycles. The van der Waals surface area contributed by atoms with E-state index in [0.29, 0.717) is 11.5 Å². The molecule has 5 nitrogen and oxygen atoms in total. The standard InChI is InChI=1S/C11H13NO4.ClH/c1-14-11(13)5-8(12)7-2-3-9-10(4-7)16-6-15-9;/h2-4,8H,5-6,12H2,1H3;1H/t8-;/m1./s1. The van der Waals surface area contributed by atoms with Gasteiger partial charge in [-0.3, -0.25) is 4.79 Å². The van der Waals surface area contributed by atoms with Crippen LogP contribution >= 0.6 is 12.4 Å². The van der Waals surface area contributed by atoms with Crippen molar-refractivity contribution in [3.8, 4) is 11.5 Å². The fraction of sp³-hybridized carbons (Fsp3) is 0.364. The van der Waals surface area contributed by atoms with Crippen LogP contribution in [-0.2, 0) is 9.53 Å². The lowest BCUT2D eigenvalue weighted by atomic mass is 10.0. The molecule has 2 rings (SSSR count). The molecular formula is C11H14ClNO4. The summed E-state index contributed by atoms with van der Waals surface area (Å²) in [6.07, 6.45) is 0.149. The van der Waals surface area contributed by atoms with Gasteiger partial charge in [0.2, 0.25) is 6.79 Å². The van der Waals surface area contributed by atoms with E-state index in [1.54, 1.807) is 12.1 Å². The highest BCUT2D eigenvalue weighted by Crippen LogP contribution is 2.34. The van der Waals surface area contributed by atoms with Gasteiger partial charge in [-0.25, -0.2) is 0 Å². The molecular weight excluding hydrogens is 246 g/mol. The summed E-state index contributed by atoms with van der Waals surface area (Å²) in [6.45, 7) is 0.227. The lowest BCUT2D eigenvalue weighted by Gasteiger charge is -2.10. The van der Waals surface area contributed by atoms with Gasteiger partial charge in [0.05, 0.1) is 13.5 Å². The van der Waals surface area contributed by atoms with Crippen LogP contribution in [0.4, 0.5) is 0 Å². The fourth-order valence-corrected chi connectivity index (χ4v) is 1.52. The Morgan fingerprint density at radius 1 is 1.47 bits per heavy atom. The van der Waals surface area contributed by atoms with E-state index in [2.05, 4.69) is 4.74 Å². The molecule has 0 radical (unpaired) electrons. The van der Waals surface area contributed by atoms with Gasteiger partial charge in [-0.2, -0.15) is 0 Å². The van der Waals surface area contributed by atoms with Gasteiger partial charge in [-0.05, 0) is 17.7 Å². The van der Waals surface area contributed by atoms with E-state index in [1.807, 2.05) is 6.07 Å². The summed E-state index contributed by atoms with van der Waals surface area (Å²) in [4.78, 5) is 11.1. The first-order valence-corrected chi connectivity index (χ1v) is 4.92. The number of rotatable bonds is 3. The third-order valence-corrected chi connectivity index (χ3v) is 2.44. The summed E-state index contributed by atoms with van der Waals surface area (Å²) < 4.78 is 15.0. The molecule has 1 aromatic carbocycles. The van der Waals surface area contributed by atoms with E-state index in [-0.39, 0.29) is 37.6 Å². The van der Waals surface area contributed by atoms with Crippen LogP contribution in [0.15, 0.2) is 18.2 Å². The summed E-state index contributed by atoms with van der Waals surface area (Å²) in [5.41, 5.74) is 6.70. The lowest BCUT2D eigenvalue weighted by Crippen LogP contribution is -2.16. The molecule has 0 fully saturated rings. The molecule has 1 atom stereocenters. The van der Waals surface area contributed by atoms with Gasteiger partial charge < -0.3 is 19.9 Å². The highest BCUT2D eigenvalue weighted by molar-refractivity contribution is 5.85. The normalized spacial score (nSPS) is 13.8. The molecule has 2 N–H and O–H groups in total. The summed E-state index contributed by atoms with van der Waals surface area (Å²) in [7, 11) is 1.34. The molecule has 0 unspecified atom stereocenters. The number of benzene rings is 1. The zero-order valence-electron chi connectivity index (χ0n) is 9.34. The number of methoxy groups -OCH3 is 1.